The van der Waals surface area contributed by atoms with E-state index < -0.39 is 10.0 Å². The zero-order valence-electron chi connectivity index (χ0n) is 13.6. The van der Waals surface area contributed by atoms with Crippen molar-refractivity contribution >= 4 is 10.0 Å². The van der Waals surface area contributed by atoms with Gasteiger partial charge in [-0.25, -0.2) is 13.4 Å². The van der Waals surface area contributed by atoms with Gasteiger partial charge in [0.1, 0.15) is 0 Å². The molecule has 0 spiro atoms. The molecule has 21 heavy (non-hydrogen) atoms. The highest BCUT2D eigenvalue weighted by atomic mass is 32.2. The normalized spacial score (nSPS) is 13.9. The van der Waals surface area contributed by atoms with Crippen molar-refractivity contribution in [1.82, 2.24) is 14.6 Å². The van der Waals surface area contributed by atoms with Crippen molar-refractivity contribution in [3.63, 3.8) is 0 Å². The summed E-state index contributed by atoms with van der Waals surface area (Å²) in [5.41, 5.74) is 0.981. The molecule has 1 aromatic rings. The van der Waals surface area contributed by atoms with Gasteiger partial charge in [0.25, 0.3) is 10.0 Å². The maximum absolute atomic E-state index is 12.6. The molecule has 1 unspecified atom stereocenters. The Morgan fingerprint density at radius 2 is 1.90 bits per heavy atom. The second-order valence-corrected chi connectivity index (χ2v) is 7.34. The van der Waals surface area contributed by atoms with E-state index in [9.17, 15) is 8.42 Å². The molecule has 1 N–H and O–H groups in total. The Morgan fingerprint density at radius 3 is 2.33 bits per heavy atom. The fourth-order valence-electron chi connectivity index (χ4n) is 2.03. The van der Waals surface area contributed by atoms with Crippen molar-refractivity contribution in [3.05, 3.63) is 23.9 Å². The zero-order chi connectivity index (χ0) is 16.0. The first-order valence-corrected chi connectivity index (χ1v) is 8.97. The first kappa shape index (κ1) is 18.1. The van der Waals surface area contributed by atoms with E-state index in [1.165, 1.54) is 4.31 Å². The van der Waals surface area contributed by atoms with Crippen molar-refractivity contribution in [2.45, 2.75) is 64.7 Å². The summed E-state index contributed by atoms with van der Waals surface area (Å²) < 4.78 is 26.7. The lowest BCUT2D eigenvalue weighted by Gasteiger charge is -2.25. The summed E-state index contributed by atoms with van der Waals surface area (Å²) in [6.45, 7) is 11.0. The van der Waals surface area contributed by atoms with E-state index in [-0.39, 0.29) is 11.1 Å². The molecule has 1 rings (SSSR count). The number of rotatable bonds is 8. The van der Waals surface area contributed by atoms with Gasteiger partial charge in [-0.1, -0.05) is 33.8 Å². The van der Waals surface area contributed by atoms with E-state index in [4.69, 9.17) is 0 Å². The van der Waals surface area contributed by atoms with Crippen LogP contribution in [-0.2, 0) is 16.6 Å². The van der Waals surface area contributed by atoms with Crippen molar-refractivity contribution in [3.8, 4) is 0 Å². The summed E-state index contributed by atoms with van der Waals surface area (Å²) in [4.78, 5) is 4.14. The van der Waals surface area contributed by atoms with Gasteiger partial charge in [-0.2, -0.15) is 4.31 Å². The smallest absolute Gasteiger partial charge is 0.260 e. The van der Waals surface area contributed by atoms with Gasteiger partial charge < -0.3 is 5.32 Å². The van der Waals surface area contributed by atoms with E-state index in [2.05, 4.69) is 24.1 Å². The first-order valence-electron chi connectivity index (χ1n) is 7.53. The number of hydrogen-bond donors (Lipinski definition) is 1. The molecule has 0 fully saturated rings. The Labute approximate surface area is 128 Å². The molecule has 0 amide bonds. The lowest BCUT2D eigenvalue weighted by Crippen LogP contribution is -2.38. The monoisotopic (exact) mass is 313 g/mol. The highest BCUT2D eigenvalue weighted by Gasteiger charge is 2.27. The standard InChI is InChI=1S/C15H27N3O2S/c1-6-13(5)18(7-2)21(19,20)15-9-8-14(11-17-15)10-16-12(3)4/h8-9,11-13,16H,6-7,10H2,1-5H3. The van der Waals surface area contributed by atoms with Crippen LogP contribution in [0.5, 0.6) is 0 Å². The van der Waals surface area contributed by atoms with Gasteiger partial charge in [0.05, 0.1) is 0 Å². The fourth-order valence-corrected chi connectivity index (χ4v) is 3.66. The van der Waals surface area contributed by atoms with Gasteiger partial charge in [-0.15, -0.1) is 0 Å². The van der Waals surface area contributed by atoms with E-state index in [1.54, 1.807) is 12.3 Å². The molecule has 0 aliphatic carbocycles. The molecule has 0 saturated carbocycles. The predicted molar refractivity (Wildman–Crippen MR) is 85.5 cm³/mol. The van der Waals surface area contributed by atoms with E-state index in [0.29, 0.717) is 19.1 Å². The van der Waals surface area contributed by atoms with Gasteiger partial charge in [-0.05, 0) is 25.0 Å². The van der Waals surface area contributed by atoms with Crippen LogP contribution in [0.25, 0.3) is 0 Å². The van der Waals surface area contributed by atoms with Crippen LogP contribution in [0.2, 0.25) is 0 Å². The second kappa shape index (κ2) is 7.87. The van der Waals surface area contributed by atoms with Gasteiger partial charge in [0.2, 0.25) is 0 Å². The van der Waals surface area contributed by atoms with Crippen molar-refractivity contribution in [2.24, 2.45) is 0 Å². The van der Waals surface area contributed by atoms with Gasteiger partial charge in [0, 0.05) is 31.4 Å². The van der Waals surface area contributed by atoms with Crippen LogP contribution in [0.4, 0.5) is 0 Å². The van der Waals surface area contributed by atoms with Crippen LogP contribution in [-0.4, -0.2) is 36.3 Å². The molecule has 0 aliphatic heterocycles. The molecule has 0 saturated heterocycles. The number of aromatic nitrogens is 1. The topological polar surface area (TPSA) is 62.3 Å². The number of nitrogens with one attached hydrogen (secondary N) is 1. The first-order chi connectivity index (χ1) is 9.82. The molecule has 1 atom stereocenters. The molecule has 6 heteroatoms. The quantitative estimate of drug-likeness (QED) is 0.800. The maximum Gasteiger partial charge on any atom is 0.260 e. The van der Waals surface area contributed by atoms with Crippen molar-refractivity contribution in [2.75, 3.05) is 6.54 Å². The molecular weight excluding hydrogens is 286 g/mol. The summed E-state index contributed by atoms with van der Waals surface area (Å²) in [6, 6.07) is 3.77. The lowest BCUT2D eigenvalue weighted by atomic mass is 10.2. The third-order valence-corrected chi connectivity index (χ3v) is 5.48. The molecular formula is C15H27N3O2S. The van der Waals surface area contributed by atoms with Gasteiger partial charge in [-0.3, -0.25) is 0 Å². The van der Waals surface area contributed by atoms with Crippen molar-refractivity contribution < 1.29 is 8.42 Å². The minimum absolute atomic E-state index is 0.0240. The van der Waals surface area contributed by atoms with Crippen LogP contribution in [0.3, 0.4) is 0 Å². The molecule has 0 aromatic carbocycles. The maximum atomic E-state index is 12.6. The third kappa shape index (κ3) is 4.76. The molecule has 0 radical (unpaired) electrons. The SMILES string of the molecule is CCC(C)N(CC)S(=O)(=O)c1ccc(CNC(C)C)cn1. The van der Waals surface area contributed by atoms with Crippen LogP contribution < -0.4 is 5.32 Å². The average molecular weight is 313 g/mol. The third-order valence-electron chi connectivity index (χ3n) is 3.48. The predicted octanol–water partition coefficient (Wildman–Crippen LogP) is 2.39. The molecule has 120 valence electrons. The molecule has 5 nitrogen and oxygen atoms in total. The molecule has 1 aromatic heterocycles. The molecule has 0 bridgehead atoms. The van der Waals surface area contributed by atoms with E-state index in [1.807, 2.05) is 26.8 Å². The zero-order valence-corrected chi connectivity index (χ0v) is 14.4. The van der Waals surface area contributed by atoms with Crippen LogP contribution >= 0.6 is 0 Å². The molecule has 1 heterocycles. The lowest BCUT2D eigenvalue weighted by molar-refractivity contribution is 0.341. The Balaban J connectivity index is 2.93. The Kier molecular flexibility index (Phi) is 6.77. The van der Waals surface area contributed by atoms with E-state index in [0.717, 1.165) is 12.0 Å². The van der Waals surface area contributed by atoms with Crippen molar-refractivity contribution in [1.29, 1.82) is 0 Å². The Hall–Kier alpha value is -0.980. The van der Waals surface area contributed by atoms with Crippen LogP contribution in [0, 0.1) is 0 Å². The highest BCUT2D eigenvalue weighted by molar-refractivity contribution is 7.89. The highest BCUT2D eigenvalue weighted by Crippen LogP contribution is 2.17. The molecule has 0 aliphatic rings. The minimum atomic E-state index is -3.51. The number of nitrogens with zero attached hydrogens (tertiary/aromatic N) is 2. The van der Waals surface area contributed by atoms with Crippen LogP contribution in [0.15, 0.2) is 23.4 Å². The summed E-state index contributed by atoms with van der Waals surface area (Å²) in [7, 11) is -3.51. The summed E-state index contributed by atoms with van der Waals surface area (Å²) >= 11 is 0. The summed E-state index contributed by atoms with van der Waals surface area (Å²) in [5.74, 6) is 0. The summed E-state index contributed by atoms with van der Waals surface area (Å²) in [6.07, 6.45) is 2.41. The second-order valence-electron chi connectivity index (χ2n) is 5.51. The minimum Gasteiger partial charge on any atom is -0.310 e. The largest absolute Gasteiger partial charge is 0.310 e. The number of pyridine rings is 1. The van der Waals surface area contributed by atoms with Gasteiger partial charge in [0.15, 0.2) is 5.03 Å². The number of sulfonamides is 1. The van der Waals surface area contributed by atoms with Crippen LogP contribution in [0.1, 0.15) is 46.6 Å². The Bertz CT molecular complexity index is 526. The fraction of sp³-hybridized carbons (Fsp3) is 0.667. The Morgan fingerprint density at radius 1 is 1.24 bits per heavy atom. The average Bonchev–Trinajstić information content (AvgIpc) is 2.45. The number of hydrogen-bond acceptors (Lipinski definition) is 4. The summed E-state index contributed by atoms with van der Waals surface area (Å²) in [5, 5.41) is 3.40. The van der Waals surface area contributed by atoms with E-state index >= 15 is 0 Å². The van der Waals surface area contributed by atoms with Gasteiger partial charge >= 0.3 is 0 Å².